The summed E-state index contributed by atoms with van der Waals surface area (Å²) < 4.78 is 0. The molecule has 0 saturated carbocycles. The highest BCUT2D eigenvalue weighted by Crippen LogP contribution is 2.28. The van der Waals surface area contributed by atoms with Crippen molar-refractivity contribution in [2.45, 2.75) is 25.4 Å². The second kappa shape index (κ2) is 4.39. The van der Waals surface area contributed by atoms with Crippen LogP contribution in [0.25, 0.3) is 0 Å². The van der Waals surface area contributed by atoms with E-state index in [-0.39, 0.29) is 6.61 Å². The van der Waals surface area contributed by atoms with Gasteiger partial charge in [0.15, 0.2) is 0 Å². The lowest BCUT2D eigenvalue weighted by atomic mass is 10.0. The second-order valence-electron chi connectivity index (χ2n) is 3.08. The predicted octanol–water partition coefficient (Wildman–Crippen LogP) is -0.490. The molecule has 1 radical (unpaired) electrons. The first-order valence-corrected chi connectivity index (χ1v) is 4.30. The molecule has 0 aromatic heterocycles. The third-order valence-electron chi connectivity index (χ3n) is 2.24. The molecule has 13 heavy (non-hydrogen) atoms. The predicted molar refractivity (Wildman–Crippen MR) is 47.5 cm³/mol. The van der Waals surface area contributed by atoms with Crippen LogP contribution in [0.1, 0.15) is 19.3 Å². The van der Waals surface area contributed by atoms with Crippen LogP contribution in [0.2, 0.25) is 0 Å². The summed E-state index contributed by atoms with van der Waals surface area (Å²) in [5.74, 6) is -0.460. The molecule has 1 amide bonds. The molecule has 0 fully saturated rings. The van der Waals surface area contributed by atoms with E-state index in [1.54, 1.807) is 0 Å². The average molecular weight is 184 g/mol. The lowest BCUT2D eigenvalue weighted by Gasteiger charge is -2.11. The standard InChI is InChI=1S/C9H14NO3/c10-9(13)7-3-1-2-6(7)8(12)4-5-11/h4,8,11-12H,1-3,5H2,(H2,10,13)/t8-/m1/s1. The smallest absolute Gasteiger partial charge is 0.244 e. The molecule has 4 nitrogen and oxygen atoms in total. The molecule has 0 aliphatic heterocycles. The number of carbonyl (C=O) groups excluding carboxylic acids is 1. The van der Waals surface area contributed by atoms with Crippen molar-refractivity contribution in [3.8, 4) is 0 Å². The van der Waals surface area contributed by atoms with Gasteiger partial charge < -0.3 is 15.9 Å². The van der Waals surface area contributed by atoms with Crippen LogP contribution < -0.4 is 5.73 Å². The molecule has 1 aliphatic rings. The number of aliphatic hydroxyl groups is 2. The molecule has 1 aliphatic carbocycles. The van der Waals surface area contributed by atoms with Gasteiger partial charge in [0.2, 0.25) is 5.91 Å². The van der Waals surface area contributed by atoms with Crippen LogP contribution in [0.15, 0.2) is 11.1 Å². The van der Waals surface area contributed by atoms with Crippen LogP contribution in [0.5, 0.6) is 0 Å². The molecule has 0 bridgehead atoms. The highest BCUT2D eigenvalue weighted by Gasteiger charge is 2.23. The summed E-state index contributed by atoms with van der Waals surface area (Å²) in [6.07, 6.45) is 2.71. The Bertz CT molecular complexity index is 235. The number of nitrogens with two attached hydrogens (primary N) is 1. The monoisotopic (exact) mass is 184 g/mol. The summed E-state index contributed by atoms with van der Waals surface area (Å²) in [5.41, 5.74) is 6.33. The number of carbonyl (C=O) groups is 1. The summed E-state index contributed by atoms with van der Waals surface area (Å²) in [7, 11) is 0. The van der Waals surface area contributed by atoms with E-state index >= 15 is 0 Å². The zero-order valence-corrected chi connectivity index (χ0v) is 7.36. The van der Waals surface area contributed by atoms with Crippen molar-refractivity contribution in [2.75, 3.05) is 6.61 Å². The van der Waals surface area contributed by atoms with Gasteiger partial charge in [-0.05, 0) is 24.8 Å². The highest BCUT2D eigenvalue weighted by atomic mass is 16.3. The Kier molecular flexibility index (Phi) is 3.45. The largest absolute Gasteiger partial charge is 0.396 e. The average Bonchev–Trinajstić information content (AvgIpc) is 2.52. The van der Waals surface area contributed by atoms with Gasteiger partial charge in [-0.25, -0.2) is 0 Å². The normalized spacial score (nSPS) is 19.2. The number of rotatable bonds is 4. The van der Waals surface area contributed by atoms with Crippen LogP contribution in [0.4, 0.5) is 0 Å². The van der Waals surface area contributed by atoms with E-state index in [0.29, 0.717) is 24.0 Å². The van der Waals surface area contributed by atoms with Crippen molar-refractivity contribution in [2.24, 2.45) is 5.73 Å². The summed E-state index contributed by atoms with van der Waals surface area (Å²) in [6, 6.07) is 0. The summed E-state index contributed by atoms with van der Waals surface area (Å²) in [6.45, 7) is -0.198. The summed E-state index contributed by atoms with van der Waals surface area (Å²) >= 11 is 0. The minimum Gasteiger partial charge on any atom is -0.396 e. The second-order valence-corrected chi connectivity index (χ2v) is 3.08. The number of amides is 1. The number of primary amides is 1. The fourth-order valence-electron chi connectivity index (χ4n) is 1.62. The van der Waals surface area contributed by atoms with Gasteiger partial charge in [-0.15, -0.1) is 0 Å². The molecule has 0 spiro atoms. The molecule has 4 N–H and O–H groups in total. The first kappa shape index (κ1) is 10.2. The Hall–Kier alpha value is -0.870. The number of aliphatic hydroxyl groups excluding tert-OH is 2. The first-order valence-electron chi connectivity index (χ1n) is 4.30. The van der Waals surface area contributed by atoms with Crippen molar-refractivity contribution >= 4 is 5.91 Å². The molecular weight excluding hydrogens is 170 g/mol. The maximum absolute atomic E-state index is 10.9. The van der Waals surface area contributed by atoms with E-state index in [4.69, 9.17) is 10.8 Å². The van der Waals surface area contributed by atoms with E-state index in [2.05, 4.69) is 0 Å². The fraction of sp³-hybridized carbons (Fsp3) is 0.556. The van der Waals surface area contributed by atoms with E-state index in [0.717, 1.165) is 6.42 Å². The molecular formula is C9H14NO3. The molecule has 0 unspecified atom stereocenters. The quantitative estimate of drug-likeness (QED) is 0.551. The summed E-state index contributed by atoms with van der Waals surface area (Å²) in [4.78, 5) is 10.9. The topological polar surface area (TPSA) is 83.6 Å². The van der Waals surface area contributed by atoms with Crippen LogP contribution in [0.3, 0.4) is 0 Å². The van der Waals surface area contributed by atoms with Crippen molar-refractivity contribution in [3.63, 3.8) is 0 Å². The molecule has 0 aromatic carbocycles. The zero-order chi connectivity index (χ0) is 9.84. The van der Waals surface area contributed by atoms with Crippen molar-refractivity contribution < 1.29 is 15.0 Å². The van der Waals surface area contributed by atoms with Gasteiger partial charge in [0.05, 0.1) is 6.10 Å². The number of hydrogen-bond acceptors (Lipinski definition) is 3. The Morgan fingerprint density at radius 1 is 1.62 bits per heavy atom. The minimum atomic E-state index is -0.824. The first-order chi connectivity index (χ1) is 6.16. The SMILES string of the molecule is NC(=O)C1=C([C@H](O)[CH]CO)CCC1. The van der Waals surface area contributed by atoms with Crippen molar-refractivity contribution in [3.05, 3.63) is 17.6 Å². The van der Waals surface area contributed by atoms with Crippen molar-refractivity contribution in [1.29, 1.82) is 0 Å². The molecule has 1 rings (SSSR count). The highest BCUT2D eigenvalue weighted by molar-refractivity contribution is 5.93. The van der Waals surface area contributed by atoms with Crippen LogP contribution in [-0.2, 0) is 4.79 Å². The third kappa shape index (κ3) is 2.29. The molecule has 0 saturated heterocycles. The Morgan fingerprint density at radius 3 is 2.85 bits per heavy atom. The fourth-order valence-corrected chi connectivity index (χ4v) is 1.62. The van der Waals surface area contributed by atoms with Gasteiger partial charge in [0.1, 0.15) is 0 Å². The van der Waals surface area contributed by atoms with Gasteiger partial charge in [-0.3, -0.25) is 4.79 Å². The van der Waals surface area contributed by atoms with Gasteiger partial charge in [0, 0.05) is 18.6 Å². The molecule has 0 heterocycles. The molecule has 4 heteroatoms. The molecule has 73 valence electrons. The summed E-state index contributed by atoms with van der Waals surface area (Å²) in [5, 5.41) is 18.1. The maximum atomic E-state index is 10.9. The van der Waals surface area contributed by atoms with Gasteiger partial charge >= 0.3 is 0 Å². The van der Waals surface area contributed by atoms with Gasteiger partial charge in [-0.2, -0.15) is 0 Å². The Labute approximate surface area is 77.1 Å². The maximum Gasteiger partial charge on any atom is 0.244 e. The lowest BCUT2D eigenvalue weighted by molar-refractivity contribution is -0.114. The lowest BCUT2D eigenvalue weighted by Crippen LogP contribution is -2.19. The zero-order valence-electron chi connectivity index (χ0n) is 7.36. The van der Waals surface area contributed by atoms with E-state index in [9.17, 15) is 9.90 Å². The molecule has 1 atom stereocenters. The van der Waals surface area contributed by atoms with Gasteiger partial charge in [-0.1, -0.05) is 0 Å². The van der Waals surface area contributed by atoms with Crippen LogP contribution in [-0.4, -0.2) is 28.8 Å². The Balaban J connectivity index is 2.74. The number of hydrogen-bond donors (Lipinski definition) is 3. The van der Waals surface area contributed by atoms with Crippen molar-refractivity contribution in [1.82, 2.24) is 0 Å². The van der Waals surface area contributed by atoms with E-state index in [1.807, 2.05) is 0 Å². The molecule has 0 aromatic rings. The van der Waals surface area contributed by atoms with E-state index < -0.39 is 12.0 Å². The third-order valence-corrected chi connectivity index (χ3v) is 2.24. The minimum absolute atomic E-state index is 0.198. The Morgan fingerprint density at radius 2 is 2.31 bits per heavy atom. The van der Waals surface area contributed by atoms with Gasteiger partial charge in [0.25, 0.3) is 0 Å². The van der Waals surface area contributed by atoms with Crippen LogP contribution in [0, 0.1) is 6.42 Å². The van der Waals surface area contributed by atoms with Crippen LogP contribution >= 0.6 is 0 Å². The van der Waals surface area contributed by atoms with E-state index in [1.165, 1.54) is 6.42 Å².